The predicted molar refractivity (Wildman–Crippen MR) is 90.2 cm³/mol. The van der Waals surface area contributed by atoms with Crippen LogP contribution in [0, 0.1) is 11.8 Å². The monoisotopic (exact) mass is 275 g/mol. The molecule has 1 aromatic rings. The quantitative estimate of drug-likeness (QED) is 0.602. The molecule has 1 N–H and O–H groups in total. The average molecular weight is 275 g/mol. The van der Waals surface area contributed by atoms with Crippen molar-refractivity contribution in [2.45, 2.75) is 59.8 Å². The Hall–Kier alpha value is -0.820. The van der Waals surface area contributed by atoms with Crippen molar-refractivity contribution in [1.82, 2.24) is 5.32 Å². The fourth-order valence-corrected chi connectivity index (χ4v) is 2.46. The van der Waals surface area contributed by atoms with E-state index in [2.05, 4.69) is 57.3 Å². The van der Waals surface area contributed by atoms with E-state index in [1.54, 1.807) is 0 Å². The fraction of sp³-hybridized carbons (Fsp3) is 0.684. The highest BCUT2D eigenvalue weighted by Gasteiger charge is 2.03. The summed E-state index contributed by atoms with van der Waals surface area (Å²) in [7, 11) is 0. The molecule has 0 amide bonds. The first-order valence-electron chi connectivity index (χ1n) is 8.40. The molecular weight excluding hydrogens is 242 g/mol. The van der Waals surface area contributed by atoms with E-state index in [0.717, 1.165) is 24.9 Å². The second kappa shape index (κ2) is 9.99. The van der Waals surface area contributed by atoms with Crippen LogP contribution in [0.4, 0.5) is 0 Å². The molecule has 0 aliphatic rings. The van der Waals surface area contributed by atoms with Crippen LogP contribution >= 0.6 is 0 Å². The van der Waals surface area contributed by atoms with Gasteiger partial charge in [-0.25, -0.2) is 0 Å². The van der Waals surface area contributed by atoms with Gasteiger partial charge in [-0.15, -0.1) is 0 Å². The summed E-state index contributed by atoms with van der Waals surface area (Å²) in [6.45, 7) is 11.4. The van der Waals surface area contributed by atoms with Gasteiger partial charge in [-0.3, -0.25) is 0 Å². The molecule has 0 radical (unpaired) electrons. The van der Waals surface area contributed by atoms with Gasteiger partial charge in [-0.2, -0.15) is 0 Å². The van der Waals surface area contributed by atoms with Crippen LogP contribution in [-0.4, -0.2) is 13.1 Å². The molecule has 114 valence electrons. The number of aryl methyl sites for hydroxylation is 2. The Labute approximate surface area is 126 Å². The number of rotatable bonds is 10. The van der Waals surface area contributed by atoms with E-state index in [0.29, 0.717) is 0 Å². The van der Waals surface area contributed by atoms with Crippen LogP contribution in [0.15, 0.2) is 24.3 Å². The third-order valence-corrected chi connectivity index (χ3v) is 3.85. The van der Waals surface area contributed by atoms with Crippen LogP contribution in [0.3, 0.4) is 0 Å². The second-order valence-corrected chi connectivity index (χ2v) is 6.60. The summed E-state index contributed by atoms with van der Waals surface area (Å²) in [6, 6.07) is 9.23. The van der Waals surface area contributed by atoms with Crippen LogP contribution in [0.5, 0.6) is 0 Å². The number of hydrogen-bond donors (Lipinski definition) is 1. The molecule has 0 saturated heterocycles. The Kier molecular flexibility index (Phi) is 8.60. The molecule has 0 saturated carbocycles. The van der Waals surface area contributed by atoms with Crippen LogP contribution < -0.4 is 5.32 Å². The minimum atomic E-state index is 0.756. The van der Waals surface area contributed by atoms with Crippen LogP contribution in [0.25, 0.3) is 0 Å². The Morgan fingerprint density at radius 2 is 1.50 bits per heavy atom. The Balaban J connectivity index is 2.18. The summed E-state index contributed by atoms with van der Waals surface area (Å²) in [6.07, 6.45) is 6.26. The van der Waals surface area contributed by atoms with Crippen molar-refractivity contribution in [3.05, 3.63) is 35.4 Å². The molecule has 0 aliphatic carbocycles. The zero-order chi connectivity index (χ0) is 14.8. The molecule has 1 aromatic carbocycles. The van der Waals surface area contributed by atoms with E-state index < -0.39 is 0 Å². The molecule has 1 heteroatoms. The van der Waals surface area contributed by atoms with Crippen molar-refractivity contribution in [3.8, 4) is 0 Å². The zero-order valence-corrected chi connectivity index (χ0v) is 13.9. The van der Waals surface area contributed by atoms with Crippen molar-refractivity contribution < 1.29 is 0 Å². The van der Waals surface area contributed by atoms with E-state index in [4.69, 9.17) is 0 Å². The summed E-state index contributed by atoms with van der Waals surface area (Å²) in [4.78, 5) is 0. The molecule has 1 nitrogen and oxygen atoms in total. The topological polar surface area (TPSA) is 12.0 Å². The van der Waals surface area contributed by atoms with Gasteiger partial charge in [0.25, 0.3) is 0 Å². The summed E-state index contributed by atoms with van der Waals surface area (Å²) in [5.74, 6) is 1.57. The average Bonchev–Trinajstić information content (AvgIpc) is 2.43. The van der Waals surface area contributed by atoms with E-state index >= 15 is 0 Å². The van der Waals surface area contributed by atoms with E-state index in [-0.39, 0.29) is 0 Å². The highest BCUT2D eigenvalue weighted by Crippen LogP contribution is 2.14. The molecule has 0 spiro atoms. The summed E-state index contributed by atoms with van der Waals surface area (Å²) in [5.41, 5.74) is 2.97. The standard InChI is InChI=1S/C19H33N/c1-5-6-18-9-11-19(12-10-18)8-7-17(4)13-14-20-15-16(2)3/h9-12,16-17,20H,5-8,13-15H2,1-4H3. The molecule has 0 aliphatic heterocycles. The lowest BCUT2D eigenvalue weighted by Gasteiger charge is -2.13. The van der Waals surface area contributed by atoms with Crippen molar-refractivity contribution in [2.75, 3.05) is 13.1 Å². The number of nitrogens with one attached hydrogen (secondary N) is 1. The van der Waals surface area contributed by atoms with Gasteiger partial charge in [0.15, 0.2) is 0 Å². The first kappa shape index (κ1) is 17.2. The van der Waals surface area contributed by atoms with E-state index in [1.165, 1.54) is 43.2 Å². The maximum atomic E-state index is 3.54. The lowest BCUT2D eigenvalue weighted by molar-refractivity contribution is 0.454. The van der Waals surface area contributed by atoms with Gasteiger partial charge in [0.1, 0.15) is 0 Å². The minimum absolute atomic E-state index is 0.756. The summed E-state index contributed by atoms with van der Waals surface area (Å²) < 4.78 is 0. The number of benzene rings is 1. The van der Waals surface area contributed by atoms with Gasteiger partial charge in [0.05, 0.1) is 0 Å². The lowest BCUT2D eigenvalue weighted by Crippen LogP contribution is -2.22. The van der Waals surface area contributed by atoms with Crippen LogP contribution in [0.2, 0.25) is 0 Å². The lowest BCUT2D eigenvalue weighted by atomic mass is 9.97. The molecule has 1 rings (SSSR count). The Morgan fingerprint density at radius 3 is 2.05 bits per heavy atom. The smallest absolute Gasteiger partial charge is 0.00258 e. The third kappa shape index (κ3) is 7.69. The van der Waals surface area contributed by atoms with Gasteiger partial charge in [0.2, 0.25) is 0 Å². The molecule has 0 aromatic heterocycles. The molecule has 0 fully saturated rings. The first-order valence-corrected chi connectivity index (χ1v) is 8.40. The maximum absolute atomic E-state index is 3.54. The van der Waals surface area contributed by atoms with Crippen molar-refractivity contribution >= 4 is 0 Å². The second-order valence-electron chi connectivity index (χ2n) is 6.60. The SMILES string of the molecule is CCCc1ccc(CCC(C)CCNCC(C)C)cc1. The molecular formula is C19H33N. The highest BCUT2D eigenvalue weighted by atomic mass is 14.8. The Bertz CT molecular complexity index is 339. The summed E-state index contributed by atoms with van der Waals surface area (Å²) in [5, 5.41) is 3.54. The zero-order valence-electron chi connectivity index (χ0n) is 13.9. The van der Waals surface area contributed by atoms with E-state index in [9.17, 15) is 0 Å². The van der Waals surface area contributed by atoms with Crippen molar-refractivity contribution in [3.63, 3.8) is 0 Å². The fourth-order valence-electron chi connectivity index (χ4n) is 2.46. The minimum Gasteiger partial charge on any atom is -0.316 e. The summed E-state index contributed by atoms with van der Waals surface area (Å²) >= 11 is 0. The molecule has 20 heavy (non-hydrogen) atoms. The van der Waals surface area contributed by atoms with Gasteiger partial charge >= 0.3 is 0 Å². The first-order chi connectivity index (χ1) is 9.61. The normalized spacial score (nSPS) is 12.8. The van der Waals surface area contributed by atoms with Crippen LogP contribution in [0.1, 0.15) is 58.1 Å². The molecule has 0 heterocycles. The van der Waals surface area contributed by atoms with Gasteiger partial charge in [-0.1, -0.05) is 58.4 Å². The predicted octanol–water partition coefficient (Wildman–Crippen LogP) is 4.84. The van der Waals surface area contributed by atoms with Gasteiger partial charge in [0, 0.05) is 0 Å². The van der Waals surface area contributed by atoms with Crippen molar-refractivity contribution in [2.24, 2.45) is 11.8 Å². The molecule has 1 unspecified atom stereocenters. The highest BCUT2D eigenvalue weighted by molar-refractivity contribution is 5.22. The maximum Gasteiger partial charge on any atom is -0.00258 e. The van der Waals surface area contributed by atoms with Crippen molar-refractivity contribution in [1.29, 1.82) is 0 Å². The number of hydrogen-bond acceptors (Lipinski definition) is 1. The third-order valence-electron chi connectivity index (χ3n) is 3.85. The van der Waals surface area contributed by atoms with Gasteiger partial charge in [-0.05, 0) is 61.7 Å². The van der Waals surface area contributed by atoms with Gasteiger partial charge < -0.3 is 5.32 Å². The van der Waals surface area contributed by atoms with Crippen LogP contribution in [-0.2, 0) is 12.8 Å². The molecule has 0 bridgehead atoms. The Morgan fingerprint density at radius 1 is 0.900 bits per heavy atom. The largest absolute Gasteiger partial charge is 0.316 e. The van der Waals surface area contributed by atoms with E-state index in [1.807, 2.05) is 0 Å². The molecule has 1 atom stereocenters.